The second-order valence-corrected chi connectivity index (χ2v) is 17.8. The summed E-state index contributed by atoms with van der Waals surface area (Å²) in [6.07, 6.45) is 21.9. The first-order chi connectivity index (χ1) is 14.3. The van der Waals surface area contributed by atoms with E-state index in [0.717, 1.165) is 6.61 Å². The second-order valence-electron chi connectivity index (χ2n) is 11.2. The number of unbranched alkanes of at least 4 members (excludes halogenated alkanes) is 9. The Kier molecular flexibility index (Phi) is 11.4. The van der Waals surface area contributed by atoms with E-state index >= 15 is 0 Å². The summed E-state index contributed by atoms with van der Waals surface area (Å²) in [5.41, 5.74) is 2.65. The van der Waals surface area contributed by atoms with Crippen molar-refractivity contribution >= 4 is 17.4 Å². The van der Waals surface area contributed by atoms with Crippen LogP contribution < -0.4 is 0 Å². The molecule has 2 aliphatic rings. The minimum atomic E-state index is -1.56. The zero-order valence-corrected chi connectivity index (χ0v) is 23.2. The van der Waals surface area contributed by atoms with Crippen LogP contribution in [-0.4, -0.2) is 29.6 Å². The molecule has 3 unspecified atom stereocenters. The summed E-state index contributed by atoms with van der Waals surface area (Å²) < 4.78 is 13.0. The molecule has 0 radical (unpaired) electrons. The molecule has 2 nitrogen and oxygen atoms in total. The molecule has 30 heavy (non-hydrogen) atoms. The van der Waals surface area contributed by atoms with Crippen LogP contribution in [0.1, 0.15) is 111 Å². The highest BCUT2D eigenvalue weighted by Gasteiger charge is 2.51. The Morgan fingerprint density at radius 1 is 0.900 bits per heavy atom. The average Bonchev–Trinajstić information content (AvgIpc) is 2.72. The SMILES string of the molecule is CCCCCCCCCCCCC1(C)CC[Si](C)(C)OC1(C)C=C[SiH]1CCCCO1. The molecule has 0 spiro atoms. The molecule has 176 valence electrons. The van der Waals surface area contributed by atoms with E-state index in [4.69, 9.17) is 8.85 Å². The van der Waals surface area contributed by atoms with Crippen LogP contribution in [0.5, 0.6) is 0 Å². The molecule has 0 aromatic heterocycles. The molecule has 0 saturated carbocycles. The molecule has 2 heterocycles. The van der Waals surface area contributed by atoms with Crippen molar-refractivity contribution in [3.05, 3.63) is 11.8 Å². The van der Waals surface area contributed by atoms with Gasteiger partial charge < -0.3 is 8.85 Å². The Morgan fingerprint density at radius 2 is 1.53 bits per heavy atom. The first-order valence-electron chi connectivity index (χ1n) is 13.3. The van der Waals surface area contributed by atoms with Crippen molar-refractivity contribution in [3.8, 4) is 0 Å². The Balaban J connectivity index is 1.80. The summed E-state index contributed by atoms with van der Waals surface area (Å²) in [6, 6.07) is 2.62. The van der Waals surface area contributed by atoms with E-state index in [1.807, 2.05) is 0 Å². The highest BCUT2D eigenvalue weighted by Crippen LogP contribution is 2.50. The van der Waals surface area contributed by atoms with Gasteiger partial charge in [-0.1, -0.05) is 96.3 Å². The van der Waals surface area contributed by atoms with E-state index in [1.54, 1.807) is 0 Å². The Hall–Kier alpha value is 0.0938. The largest absolute Gasteiger partial charge is 0.416 e. The predicted octanol–water partition coefficient (Wildman–Crippen LogP) is 8.32. The third-order valence-electron chi connectivity index (χ3n) is 7.89. The van der Waals surface area contributed by atoms with E-state index in [2.05, 4.69) is 45.6 Å². The van der Waals surface area contributed by atoms with Gasteiger partial charge in [-0.15, -0.1) is 0 Å². The van der Waals surface area contributed by atoms with Crippen molar-refractivity contribution in [2.24, 2.45) is 5.41 Å². The highest BCUT2D eigenvalue weighted by atomic mass is 28.4. The molecule has 3 atom stereocenters. The fraction of sp³-hybridized carbons (Fsp3) is 0.923. The lowest BCUT2D eigenvalue weighted by molar-refractivity contribution is -0.0329. The van der Waals surface area contributed by atoms with Crippen LogP contribution in [-0.2, 0) is 8.85 Å². The topological polar surface area (TPSA) is 18.5 Å². The molecule has 2 rings (SSSR count). The smallest absolute Gasteiger partial charge is 0.200 e. The van der Waals surface area contributed by atoms with Crippen LogP contribution >= 0.6 is 0 Å². The first-order valence-corrected chi connectivity index (χ1v) is 18.4. The Morgan fingerprint density at radius 3 is 2.13 bits per heavy atom. The minimum Gasteiger partial charge on any atom is -0.416 e. The van der Waals surface area contributed by atoms with Gasteiger partial charge in [-0.2, -0.15) is 0 Å². The molecular weight excluding hydrogens is 400 g/mol. The first kappa shape index (κ1) is 26.3. The van der Waals surface area contributed by atoms with E-state index < -0.39 is 17.4 Å². The third-order valence-corrected chi connectivity index (χ3v) is 12.6. The summed E-state index contributed by atoms with van der Waals surface area (Å²) in [5, 5.41) is 0. The molecule has 2 fully saturated rings. The summed E-state index contributed by atoms with van der Waals surface area (Å²) in [5.74, 6) is 0. The van der Waals surface area contributed by atoms with Gasteiger partial charge in [0.05, 0.1) is 5.60 Å². The summed E-state index contributed by atoms with van der Waals surface area (Å²) in [6.45, 7) is 13.0. The molecule has 0 aliphatic carbocycles. The molecule has 4 heteroatoms. The van der Waals surface area contributed by atoms with Gasteiger partial charge in [-0.25, -0.2) is 0 Å². The quantitative estimate of drug-likeness (QED) is 0.206. The standard InChI is InChI=1S/C26H52O2Si2/c1-6-7-8-9-10-11-12-13-14-15-18-25(2)20-24-30(4,5)28-26(25,3)19-23-29-22-17-16-21-27-29/h19,23,29H,6-18,20-22,24H2,1-5H3. The van der Waals surface area contributed by atoms with E-state index in [0.29, 0.717) is 0 Å². The summed E-state index contributed by atoms with van der Waals surface area (Å²) in [7, 11) is -2.70. The lowest BCUT2D eigenvalue weighted by Crippen LogP contribution is -2.56. The maximum atomic E-state index is 6.93. The van der Waals surface area contributed by atoms with Crippen molar-refractivity contribution < 1.29 is 8.85 Å². The van der Waals surface area contributed by atoms with Gasteiger partial charge in [0, 0.05) is 6.61 Å². The Labute approximate surface area is 191 Å². The number of hydrogen-bond acceptors (Lipinski definition) is 2. The molecular formula is C26H52O2Si2. The van der Waals surface area contributed by atoms with Gasteiger partial charge >= 0.3 is 0 Å². The number of rotatable bonds is 13. The fourth-order valence-corrected chi connectivity index (χ4v) is 10.3. The monoisotopic (exact) mass is 452 g/mol. The summed E-state index contributed by atoms with van der Waals surface area (Å²) in [4.78, 5) is 0. The van der Waals surface area contributed by atoms with Crippen LogP contribution in [0.25, 0.3) is 0 Å². The van der Waals surface area contributed by atoms with Gasteiger partial charge in [0.15, 0.2) is 8.32 Å². The lowest BCUT2D eigenvalue weighted by atomic mass is 9.69. The normalized spacial score (nSPS) is 32.0. The zero-order chi connectivity index (χ0) is 21.9. The van der Waals surface area contributed by atoms with Crippen molar-refractivity contribution in [3.63, 3.8) is 0 Å². The number of hydrogen-bond donors (Lipinski definition) is 0. The van der Waals surface area contributed by atoms with Crippen LogP contribution in [0.2, 0.25) is 25.2 Å². The van der Waals surface area contributed by atoms with Crippen molar-refractivity contribution in [2.75, 3.05) is 6.61 Å². The van der Waals surface area contributed by atoms with Gasteiger partial charge in [-0.3, -0.25) is 0 Å². The van der Waals surface area contributed by atoms with Gasteiger partial charge in [0.1, 0.15) is 0 Å². The lowest BCUT2D eigenvalue weighted by Gasteiger charge is -2.54. The summed E-state index contributed by atoms with van der Waals surface area (Å²) >= 11 is 0. The maximum absolute atomic E-state index is 6.93. The van der Waals surface area contributed by atoms with Gasteiger partial charge in [-0.05, 0) is 56.8 Å². The van der Waals surface area contributed by atoms with Crippen molar-refractivity contribution in [2.45, 2.75) is 141 Å². The van der Waals surface area contributed by atoms with Crippen LogP contribution in [0, 0.1) is 5.41 Å². The second kappa shape index (κ2) is 13.0. The third kappa shape index (κ3) is 8.56. The van der Waals surface area contributed by atoms with Gasteiger partial charge in [0.25, 0.3) is 0 Å². The van der Waals surface area contributed by atoms with Crippen LogP contribution in [0.3, 0.4) is 0 Å². The predicted molar refractivity (Wildman–Crippen MR) is 137 cm³/mol. The van der Waals surface area contributed by atoms with E-state index in [-0.39, 0.29) is 11.0 Å². The van der Waals surface area contributed by atoms with Crippen molar-refractivity contribution in [1.29, 1.82) is 0 Å². The average molecular weight is 453 g/mol. The zero-order valence-electron chi connectivity index (χ0n) is 21.1. The van der Waals surface area contributed by atoms with Crippen LogP contribution in [0.4, 0.5) is 0 Å². The highest BCUT2D eigenvalue weighted by molar-refractivity contribution is 6.71. The maximum Gasteiger partial charge on any atom is 0.200 e. The van der Waals surface area contributed by atoms with Crippen LogP contribution in [0.15, 0.2) is 11.8 Å². The Bertz CT molecular complexity index is 501. The fourth-order valence-electron chi connectivity index (χ4n) is 5.39. The molecule has 0 aromatic rings. The molecule has 0 amide bonds. The van der Waals surface area contributed by atoms with E-state index in [1.165, 1.54) is 102 Å². The van der Waals surface area contributed by atoms with E-state index in [9.17, 15) is 0 Å². The van der Waals surface area contributed by atoms with Gasteiger partial charge in [0.2, 0.25) is 9.04 Å². The molecule has 0 bridgehead atoms. The molecule has 2 saturated heterocycles. The minimum absolute atomic E-state index is 0.103. The molecule has 2 aliphatic heterocycles. The molecule has 0 N–H and O–H groups in total. The molecule has 0 aromatic carbocycles. The van der Waals surface area contributed by atoms with Crippen molar-refractivity contribution in [1.82, 2.24) is 0 Å².